The SMILES string of the molecule is CCOc1cc(CNCCCN2CCOCC2)cc(Br)c1OCc1ccccc1F.Cl.Cl. The van der Waals surface area contributed by atoms with E-state index < -0.39 is 0 Å². The third-order valence-electron chi connectivity index (χ3n) is 4.96. The molecule has 0 aliphatic carbocycles. The Morgan fingerprint density at radius 1 is 1.12 bits per heavy atom. The van der Waals surface area contributed by atoms with Gasteiger partial charge in [0.25, 0.3) is 0 Å². The van der Waals surface area contributed by atoms with Crippen LogP contribution in [0.4, 0.5) is 4.39 Å². The van der Waals surface area contributed by atoms with Gasteiger partial charge in [0, 0.05) is 25.2 Å². The predicted molar refractivity (Wildman–Crippen MR) is 134 cm³/mol. The lowest BCUT2D eigenvalue weighted by atomic mass is 10.2. The summed E-state index contributed by atoms with van der Waals surface area (Å²) in [5.74, 6) is 0.981. The second-order valence-corrected chi connectivity index (χ2v) is 8.06. The van der Waals surface area contributed by atoms with Gasteiger partial charge in [-0.25, -0.2) is 4.39 Å². The number of morpholine rings is 1. The summed E-state index contributed by atoms with van der Waals surface area (Å²) < 4.78 is 31.8. The van der Waals surface area contributed by atoms with Crippen LogP contribution in [0.2, 0.25) is 0 Å². The molecule has 1 aliphatic rings. The molecule has 1 aliphatic heterocycles. The highest BCUT2D eigenvalue weighted by Crippen LogP contribution is 2.37. The van der Waals surface area contributed by atoms with E-state index in [0.29, 0.717) is 23.7 Å². The van der Waals surface area contributed by atoms with Crippen LogP contribution in [0.3, 0.4) is 0 Å². The number of ether oxygens (including phenoxy) is 3. The van der Waals surface area contributed by atoms with Gasteiger partial charge in [-0.05, 0) is 66.1 Å². The van der Waals surface area contributed by atoms with Crippen LogP contribution >= 0.6 is 40.7 Å². The summed E-state index contributed by atoms with van der Waals surface area (Å²) >= 11 is 3.59. The lowest BCUT2D eigenvalue weighted by Gasteiger charge is -2.26. The third kappa shape index (κ3) is 9.04. The molecule has 0 radical (unpaired) electrons. The molecule has 9 heteroatoms. The summed E-state index contributed by atoms with van der Waals surface area (Å²) in [5, 5.41) is 3.50. The number of hydrogen-bond acceptors (Lipinski definition) is 5. The molecule has 2 aromatic carbocycles. The average molecular weight is 554 g/mol. The van der Waals surface area contributed by atoms with Crippen LogP contribution in [-0.4, -0.2) is 50.9 Å². The summed E-state index contributed by atoms with van der Waals surface area (Å²) in [6.45, 7) is 9.12. The lowest BCUT2D eigenvalue weighted by molar-refractivity contribution is 0.0374. The molecule has 2 aromatic rings. The number of nitrogens with one attached hydrogen (secondary N) is 1. The van der Waals surface area contributed by atoms with Crippen molar-refractivity contribution in [3.63, 3.8) is 0 Å². The average Bonchev–Trinajstić information content (AvgIpc) is 2.75. The Kier molecular flexibility index (Phi) is 14.2. The molecule has 180 valence electrons. The zero-order valence-electron chi connectivity index (χ0n) is 18.3. The van der Waals surface area contributed by atoms with Gasteiger partial charge in [-0.2, -0.15) is 0 Å². The highest BCUT2D eigenvalue weighted by atomic mass is 79.9. The van der Waals surface area contributed by atoms with E-state index in [1.165, 1.54) is 6.07 Å². The van der Waals surface area contributed by atoms with E-state index in [0.717, 1.165) is 62.4 Å². The Bertz CT molecular complexity index is 811. The Hall–Kier alpha value is -1.09. The number of hydrogen-bond donors (Lipinski definition) is 1. The topological polar surface area (TPSA) is 43.0 Å². The first-order valence-corrected chi connectivity index (χ1v) is 11.3. The molecule has 0 unspecified atom stereocenters. The molecule has 5 nitrogen and oxygen atoms in total. The molecule has 1 N–H and O–H groups in total. The first-order chi connectivity index (χ1) is 14.7. The standard InChI is InChI=1S/C23H30BrFN2O3.2ClH/c1-2-29-22-15-18(16-26-8-5-9-27-10-12-28-13-11-27)14-20(24)23(22)30-17-19-6-3-4-7-21(19)25;;/h3-4,6-7,14-15,26H,2,5,8-13,16-17H2,1H3;2*1H. The first-order valence-electron chi connectivity index (χ1n) is 10.5. The molecule has 3 rings (SSSR count). The van der Waals surface area contributed by atoms with Crippen LogP contribution < -0.4 is 14.8 Å². The quantitative estimate of drug-likeness (QED) is 0.386. The molecule has 0 bridgehead atoms. The van der Waals surface area contributed by atoms with Gasteiger partial charge in [0.15, 0.2) is 11.5 Å². The van der Waals surface area contributed by atoms with Crippen LogP contribution in [0.5, 0.6) is 11.5 Å². The van der Waals surface area contributed by atoms with Crippen molar-refractivity contribution in [1.29, 1.82) is 0 Å². The van der Waals surface area contributed by atoms with Crippen molar-refractivity contribution in [2.24, 2.45) is 0 Å². The molecule has 1 heterocycles. The summed E-state index contributed by atoms with van der Waals surface area (Å²) in [6, 6.07) is 10.6. The maximum atomic E-state index is 13.9. The van der Waals surface area contributed by atoms with E-state index in [1.54, 1.807) is 18.2 Å². The Balaban J connectivity index is 0.00000256. The molecule has 0 aromatic heterocycles. The van der Waals surface area contributed by atoms with E-state index in [4.69, 9.17) is 14.2 Å². The Morgan fingerprint density at radius 2 is 1.88 bits per heavy atom. The number of benzene rings is 2. The van der Waals surface area contributed by atoms with Crippen molar-refractivity contribution in [3.05, 3.63) is 57.8 Å². The van der Waals surface area contributed by atoms with Crippen molar-refractivity contribution in [1.82, 2.24) is 10.2 Å². The van der Waals surface area contributed by atoms with E-state index in [9.17, 15) is 4.39 Å². The zero-order chi connectivity index (χ0) is 21.2. The van der Waals surface area contributed by atoms with Crippen LogP contribution in [0, 0.1) is 5.82 Å². The van der Waals surface area contributed by atoms with Gasteiger partial charge in [0.1, 0.15) is 12.4 Å². The van der Waals surface area contributed by atoms with Gasteiger partial charge in [0.2, 0.25) is 0 Å². The molecular formula is C23H32BrCl2FN2O3. The van der Waals surface area contributed by atoms with Crippen molar-refractivity contribution in [2.75, 3.05) is 46.0 Å². The highest BCUT2D eigenvalue weighted by Gasteiger charge is 2.14. The van der Waals surface area contributed by atoms with Gasteiger partial charge in [0.05, 0.1) is 24.3 Å². The van der Waals surface area contributed by atoms with E-state index >= 15 is 0 Å². The van der Waals surface area contributed by atoms with Crippen molar-refractivity contribution < 1.29 is 18.6 Å². The Labute approximate surface area is 210 Å². The van der Waals surface area contributed by atoms with E-state index in [2.05, 4.69) is 26.1 Å². The van der Waals surface area contributed by atoms with Gasteiger partial charge in [-0.15, -0.1) is 24.8 Å². The fourth-order valence-electron chi connectivity index (χ4n) is 3.38. The molecular weight excluding hydrogens is 522 g/mol. The van der Waals surface area contributed by atoms with E-state index in [-0.39, 0.29) is 37.2 Å². The fourth-order valence-corrected chi connectivity index (χ4v) is 3.98. The fraction of sp³-hybridized carbons (Fsp3) is 0.478. The predicted octanol–water partition coefficient (Wildman–Crippen LogP) is 5.22. The van der Waals surface area contributed by atoms with Crippen molar-refractivity contribution >= 4 is 40.7 Å². The normalized spacial score (nSPS) is 13.7. The van der Waals surface area contributed by atoms with Gasteiger partial charge < -0.3 is 19.5 Å². The molecule has 0 atom stereocenters. The Morgan fingerprint density at radius 3 is 2.59 bits per heavy atom. The second kappa shape index (κ2) is 15.7. The molecule has 0 amide bonds. The van der Waals surface area contributed by atoms with Crippen molar-refractivity contribution in [3.8, 4) is 11.5 Å². The lowest BCUT2D eigenvalue weighted by Crippen LogP contribution is -2.37. The summed E-state index contributed by atoms with van der Waals surface area (Å²) in [4.78, 5) is 2.44. The minimum absolute atomic E-state index is 0. The van der Waals surface area contributed by atoms with Crippen LogP contribution in [-0.2, 0) is 17.9 Å². The molecule has 0 spiro atoms. The molecule has 0 saturated carbocycles. The number of rotatable bonds is 11. The minimum atomic E-state index is -0.274. The van der Waals surface area contributed by atoms with Crippen LogP contribution in [0.1, 0.15) is 24.5 Å². The summed E-state index contributed by atoms with van der Waals surface area (Å²) in [7, 11) is 0. The number of halogens is 4. The monoisotopic (exact) mass is 552 g/mol. The summed E-state index contributed by atoms with van der Waals surface area (Å²) in [5.41, 5.74) is 1.62. The first kappa shape index (κ1) is 28.9. The molecule has 1 fully saturated rings. The maximum absolute atomic E-state index is 13.9. The van der Waals surface area contributed by atoms with Crippen LogP contribution in [0.25, 0.3) is 0 Å². The minimum Gasteiger partial charge on any atom is -0.490 e. The van der Waals surface area contributed by atoms with Crippen LogP contribution in [0.15, 0.2) is 40.9 Å². The van der Waals surface area contributed by atoms with E-state index in [1.807, 2.05) is 19.1 Å². The third-order valence-corrected chi connectivity index (χ3v) is 5.55. The largest absolute Gasteiger partial charge is 0.490 e. The molecule has 32 heavy (non-hydrogen) atoms. The van der Waals surface area contributed by atoms with Gasteiger partial charge in [-0.1, -0.05) is 18.2 Å². The van der Waals surface area contributed by atoms with Gasteiger partial charge in [-0.3, -0.25) is 4.90 Å². The second-order valence-electron chi connectivity index (χ2n) is 7.20. The van der Waals surface area contributed by atoms with Gasteiger partial charge >= 0.3 is 0 Å². The molecule has 1 saturated heterocycles. The number of nitrogens with zero attached hydrogens (tertiary/aromatic N) is 1. The van der Waals surface area contributed by atoms with Crippen molar-refractivity contribution in [2.45, 2.75) is 26.5 Å². The highest BCUT2D eigenvalue weighted by molar-refractivity contribution is 9.10. The smallest absolute Gasteiger partial charge is 0.175 e. The summed E-state index contributed by atoms with van der Waals surface area (Å²) in [6.07, 6.45) is 1.10. The maximum Gasteiger partial charge on any atom is 0.175 e. The zero-order valence-corrected chi connectivity index (χ0v) is 21.5.